The van der Waals surface area contributed by atoms with Crippen LogP contribution in [0.4, 0.5) is 0 Å². The van der Waals surface area contributed by atoms with Crippen LogP contribution in [0.1, 0.15) is 81.9 Å². The van der Waals surface area contributed by atoms with Crippen molar-refractivity contribution in [1.82, 2.24) is 0 Å². The van der Waals surface area contributed by atoms with Gasteiger partial charge in [0.15, 0.2) is 12.1 Å². The maximum absolute atomic E-state index is 13.2. The predicted octanol–water partition coefficient (Wildman–Crippen LogP) is 4.17. The van der Waals surface area contributed by atoms with E-state index in [1.165, 1.54) is 16.7 Å². The zero-order valence-corrected chi connectivity index (χ0v) is 20.0. The number of ketones is 1. The van der Waals surface area contributed by atoms with E-state index in [-0.39, 0.29) is 35.1 Å². The topological polar surface area (TPSA) is 71.6 Å². The molecule has 10 atom stereocenters. The standard InChI is InChI=1S/C28H34O5/c1-15(21-14-25(2)27(4,33-25)24(30)31-21)16-7-9-18-17(12-16)8-10-20-19(18)13-23-28(32-23)11-5-6-22(29)26(20,28)3/h5-7,9,12,15,19-21,23-24,30H,8,10-11,13-14H2,1-4H3/t15-,19-,20+,21-,23-,24+,25-,26-,27+,28-/m0/s1. The number of carbonyl (C=O) groups is 1. The van der Waals surface area contributed by atoms with Gasteiger partial charge in [0.2, 0.25) is 0 Å². The summed E-state index contributed by atoms with van der Waals surface area (Å²) >= 11 is 0. The van der Waals surface area contributed by atoms with Gasteiger partial charge in [0.1, 0.15) is 16.8 Å². The number of aliphatic hydroxyl groups excluding tert-OH is 1. The maximum Gasteiger partial charge on any atom is 0.186 e. The summed E-state index contributed by atoms with van der Waals surface area (Å²) in [7, 11) is 0. The van der Waals surface area contributed by atoms with Crippen molar-refractivity contribution in [3.05, 3.63) is 47.0 Å². The Kier molecular flexibility index (Phi) is 3.89. The van der Waals surface area contributed by atoms with Crippen molar-refractivity contribution < 1.29 is 24.1 Å². The molecule has 0 bridgehead atoms. The van der Waals surface area contributed by atoms with Crippen LogP contribution in [0.15, 0.2) is 30.4 Å². The Labute approximate surface area is 195 Å². The molecule has 176 valence electrons. The molecule has 33 heavy (non-hydrogen) atoms. The number of fused-ring (bicyclic) bond motifs is 5. The van der Waals surface area contributed by atoms with E-state index >= 15 is 0 Å². The minimum Gasteiger partial charge on any atom is -0.366 e. The zero-order valence-electron chi connectivity index (χ0n) is 20.0. The Morgan fingerprint density at radius 2 is 2.03 bits per heavy atom. The quantitative estimate of drug-likeness (QED) is 0.685. The molecule has 3 aliphatic heterocycles. The number of benzene rings is 1. The molecule has 1 aromatic rings. The van der Waals surface area contributed by atoms with E-state index in [0.29, 0.717) is 11.8 Å². The van der Waals surface area contributed by atoms with Gasteiger partial charge in [-0.15, -0.1) is 0 Å². The molecule has 1 N–H and O–H groups in total. The Morgan fingerprint density at radius 3 is 2.82 bits per heavy atom. The Hall–Kier alpha value is -1.53. The summed E-state index contributed by atoms with van der Waals surface area (Å²) in [6.45, 7) is 8.39. The van der Waals surface area contributed by atoms with Crippen LogP contribution in [-0.2, 0) is 25.4 Å². The van der Waals surface area contributed by atoms with E-state index < -0.39 is 17.3 Å². The third-order valence-electron chi connectivity index (χ3n) is 10.8. The smallest absolute Gasteiger partial charge is 0.186 e. The predicted molar refractivity (Wildman–Crippen MR) is 122 cm³/mol. The molecule has 3 aliphatic carbocycles. The first-order valence-corrected chi connectivity index (χ1v) is 12.7. The molecule has 1 spiro atoms. The molecule has 6 aliphatic rings. The number of aryl methyl sites for hydroxylation is 1. The molecule has 5 heteroatoms. The molecular formula is C28H34O5. The number of hydrogen-bond donors (Lipinski definition) is 1. The van der Waals surface area contributed by atoms with Crippen molar-refractivity contribution in [1.29, 1.82) is 0 Å². The number of carbonyl (C=O) groups excluding carboxylic acids is 1. The normalized spacial score (nSPS) is 52.0. The van der Waals surface area contributed by atoms with Crippen LogP contribution >= 0.6 is 0 Å². The van der Waals surface area contributed by atoms with E-state index in [0.717, 1.165) is 32.1 Å². The Bertz CT molecular complexity index is 1100. The van der Waals surface area contributed by atoms with Gasteiger partial charge < -0.3 is 19.3 Å². The summed E-state index contributed by atoms with van der Waals surface area (Å²) < 4.78 is 18.2. The summed E-state index contributed by atoms with van der Waals surface area (Å²) in [6, 6.07) is 6.90. The van der Waals surface area contributed by atoms with Gasteiger partial charge in [0, 0.05) is 12.3 Å². The van der Waals surface area contributed by atoms with Gasteiger partial charge in [0.05, 0.1) is 17.6 Å². The number of hydrogen-bond acceptors (Lipinski definition) is 5. The number of epoxide rings is 2. The molecule has 0 unspecified atom stereocenters. The average molecular weight is 451 g/mol. The van der Waals surface area contributed by atoms with Crippen molar-refractivity contribution in [3.63, 3.8) is 0 Å². The van der Waals surface area contributed by atoms with Crippen molar-refractivity contribution in [3.8, 4) is 0 Å². The van der Waals surface area contributed by atoms with Gasteiger partial charge in [-0.25, -0.2) is 0 Å². The summed E-state index contributed by atoms with van der Waals surface area (Å²) in [5.41, 5.74) is 2.54. The fraction of sp³-hybridized carbons (Fsp3) is 0.679. The second-order valence-corrected chi connectivity index (χ2v) is 12.1. The lowest BCUT2D eigenvalue weighted by atomic mass is 9.49. The van der Waals surface area contributed by atoms with Crippen molar-refractivity contribution in [2.75, 3.05) is 0 Å². The van der Waals surface area contributed by atoms with Gasteiger partial charge in [-0.1, -0.05) is 31.2 Å². The SMILES string of the molecule is C[C@@H](c1ccc2c(c1)CC[C@@H]1[C@H]2C[C@@H]2O[C@@]23CC=CC(=O)[C@]13C)[C@@H]1C[C@]2(C)O[C@]2(C)[C@H](O)O1. The van der Waals surface area contributed by atoms with Gasteiger partial charge in [0.25, 0.3) is 0 Å². The van der Waals surface area contributed by atoms with E-state index in [4.69, 9.17) is 14.2 Å². The molecule has 3 saturated heterocycles. The third-order valence-corrected chi connectivity index (χ3v) is 10.8. The lowest BCUT2D eigenvalue weighted by Crippen LogP contribution is -2.56. The number of allylic oxidation sites excluding steroid dienone is 1. The molecule has 0 amide bonds. The maximum atomic E-state index is 13.2. The molecule has 4 fully saturated rings. The molecular weight excluding hydrogens is 416 g/mol. The first-order chi connectivity index (χ1) is 15.6. The van der Waals surface area contributed by atoms with Crippen molar-refractivity contribution in [2.45, 2.75) is 107 Å². The van der Waals surface area contributed by atoms with E-state index in [1.807, 2.05) is 13.0 Å². The summed E-state index contributed by atoms with van der Waals surface area (Å²) in [5, 5.41) is 10.5. The van der Waals surface area contributed by atoms with E-state index in [2.05, 4.69) is 39.0 Å². The van der Waals surface area contributed by atoms with Gasteiger partial charge in [-0.3, -0.25) is 4.79 Å². The van der Waals surface area contributed by atoms with E-state index in [1.54, 1.807) is 6.08 Å². The van der Waals surface area contributed by atoms with Crippen LogP contribution in [0, 0.1) is 11.3 Å². The minimum atomic E-state index is -0.883. The zero-order chi connectivity index (χ0) is 23.0. The second-order valence-electron chi connectivity index (χ2n) is 12.1. The molecule has 1 saturated carbocycles. The molecule has 3 heterocycles. The van der Waals surface area contributed by atoms with Gasteiger partial charge >= 0.3 is 0 Å². The summed E-state index contributed by atoms with van der Waals surface area (Å²) in [5.74, 6) is 1.15. The van der Waals surface area contributed by atoms with Crippen LogP contribution in [-0.4, -0.2) is 46.2 Å². The second kappa shape index (κ2) is 6.17. The lowest BCUT2D eigenvalue weighted by molar-refractivity contribution is -0.187. The fourth-order valence-electron chi connectivity index (χ4n) is 8.19. The summed E-state index contributed by atoms with van der Waals surface area (Å²) in [4.78, 5) is 13.2. The molecule has 0 aromatic heterocycles. The average Bonchev–Trinajstić information content (AvgIpc) is 3.64. The first-order valence-electron chi connectivity index (χ1n) is 12.7. The Morgan fingerprint density at radius 1 is 1.21 bits per heavy atom. The largest absolute Gasteiger partial charge is 0.366 e. The van der Waals surface area contributed by atoms with Crippen LogP contribution in [0.3, 0.4) is 0 Å². The lowest BCUT2D eigenvalue weighted by Gasteiger charge is -2.51. The monoisotopic (exact) mass is 450 g/mol. The summed E-state index contributed by atoms with van der Waals surface area (Å²) in [6.07, 6.45) is 7.79. The van der Waals surface area contributed by atoms with Gasteiger partial charge in [-0.2, -0.15) is 0 Å². The number of ether oxygens (including phenoxy) is 3. The van der Waals surface area contributed by atoms with Crippen LogP contribution in [0.2, 0.25) is 0 Å². The highest BCUT2D eigenvalue weighted by molar-refractivity contribution is 5.98. The van der Waals surface area contributed by atoms with E-state index in [9.17, 15) is 9.90 Å². The Balaban J connectivity index is 1.18. The number of aliphatic hydroxyl groups is 1. The van der Waals surface area contributed by atoms with Crippen LogP contribution in [0.5, 0.6) is 0 Å². The highest BCUT2D eigenvalue weighted by Gasteiger charge is 2.75. The minimum absolute atomic E-state index is 0.0734. The molecule has 0 radical (unpaired) electrons. The van der Waals surface area contributed by atoms with Crippen molar-refractivity contribution >= 4 is 5.78 Å². The van der Waals surface area contributed by atoms with Crippen LogP contribution < -0.4 is 0 Å². The molecule has 5 nitrogen and oxygen atoms in total. The molecule has 1 aromatic carbocycles. The highest BCUT2D eigenvalue weighted by Crippen LogP contribution is 2.69. The molecule has 7 rings (SSSR count). The highest BCUT2D eigenvalue weighted by atomic mass is 16.7. The van der Waals surface area contributed by atoms with Gasteiger partial charge in [-0.05, 0) is 81.1 Å². The first kappa shape index (κ1) is 20.8. The van der Waals surface area contributed by atoms with Crippen LogP contribution in [0.25, 0.3) is 0 Å². The fourth-order valence-corrected chi connectivity index (χ4v) is 8.19. The number of rotatable bonds is 2. The van der Waals surface area contributed by atoms with Crippen molar-refractivity contribution in [2.24, 2.45) is 11.3 Å². The third kappa shape index (κ3) is 2.40.